The second kappa shape index (κ2) is 5.86. The van der Waals surface area contributed by atoms with E-state index in [9.17, 15) is 0 Å². The van der Waals surface area contributed by atoms with Crippen molar-refractivity contribution in [2.75, 3.05) is 6.61 Å². The Morgan fingerprint density at radius 2 is 2.29 bits per heavy atom. The normalized spacial score (nSPS) is 10.2. The number of alkyl halides is 1. The Morgan fingerprint density at radius 1 is 1.50 bits per heavy atom. The molecule has 0 unspecified atom stereocenters. The Labute approximate surface area is 90.3 Å². The summed E-state index contributed by atoms with van der Waals surface area (Å²) in [5.41, 5.74) is 1.96. The number of rotatable bonds is 5. The zero-order valence-corrected chi connectivity index (χ0v) is 9.47. The standard InChI is InChI=1S/C11H16ClNO/c1-3-4-7-14-11-5-6-13-10(8-12)9(11)2/h5-6H,3-4,7-8H2,1-2H3. The van der Waals surface area contributed by atoms with Crippen molar-refractivity contribution in [3.8, 4) is 5.75 Å². The van der Waals surface area contributed by atoms with Crippen LogP contribution in [-0.4, -0.2) is 11.6 Å². The lowest BCUT2D eigenvalue weighted by Crippen LogP contribution is -2.00. The number of unbranched alkanes of at least 4 members (excludes halogenated alkanes) is 1. The van der Waals surface area contributed by atoms with E-state index < -0.39 is 0 Å². The Hall–Kier alpha value is -0.760. The number of hydrogen-bond acceptors (Lipinski definition) is 2. The summed E-state index contributed by atoms with van der Waals surface area (Å²) in [5, 5.41) is 0. The van der Waals surface area contributed by atoms with Crippen LogP contribution in [0.3, 0.4) is 0 Å². The van der Waals surface area contributed by atoms with Gasteiger partial charge in [0, 0.05) is 11.8 Å². The first-order chi connectivity index (χ1) is 6.79. The molecule has 0 N–H and O–H groups in total. The van der Waals surface area contributed by atoms with Crippen molar-refractivity contribution in [2.24, 2.45) is 0 Å². The lowest BCUT2D eigenvalue weighted by molar-refractivity contribution is 0.306. The molecule has 1 aromatic rings. The second-order valence-electron chi connectivity index (χ2n) is 3.22. The fourth-order valence-electron chi connectivity index (χ4n) is 1.18. The van der Waals surface area contributed by atoms with Crippen LogP contribution in [0.25, 0.3) is 0 Å². The van der Waals surface area contributed by atoms with Gasteiger partial charge >= 0.3 is 0 Å². The van der Waals surface area contributed by atoms with Gasteiger partial charge in [0.25, 0.3) is 0 Å². The van der Waals surface area contributed by atoms with Crippen molar-refractivity contribution >= 4 is 11.6 Å². The highest BCUT2D eigenvalue weighted by molar-refractivity contribution is 6.17. The summed E-state index contributed by atoms with van der Waals surface area (Å²) in [6.07, 6.45) is 3.97. The zero-order valence-electron chi connectivity index (χ0n) is 8.72. The molecular weight excluding hydrogens is 198 g/mol. The van der Waals surface area contributed by atoms with E-state index in [1.165, 1.54) is 0 Å². The van der Waals surface area contributed by atoms with Crippen molar-refractivity contribution in [1.82, 2.24) is 4.98 Å². The summed E-state index contributed by atoms with van der Waals surface area (Å²) in [6, 6.07) is 1.89. The largest absolute Gasteiger partial charge is 0.493 e. The summed E-state index contributed by atoms with van der Waals surface area (Å²) < 4.78 is 5.62. The molecular formula is C11H16ClNO. The Bertz CT molecular complexity index is 289. The highest BCUT2D eigenvalue weighted by Gasteiger charge is 2.04. The summed E-state index contributed by atoms with van der Waals surface area (Å²) in [5.74, 6) is 1.35. The van der Waals surface area contributed by atoms with E-state index >= 15 is 0 Å². The van der Waals surface area contributed by atoms with E-state index in [4.69, 9.17) is 16.3 Å². The van der Waals surface area contributed by atoms with Gasteiger partial charge in [-0.2, -0.15) is 0 Å². The highest BCUT2D eigenvalue weighted by Crippen LogP contribution is 2.20. The van der Waals surface area contributed by atoms with Gasteiger partial charge in [-0.25, -0.2) is 0 Å². The van der Waals surface area contributed by atoms with E-state index in [0.717, 1.165) is 36.5 Å². The molecule has 0 amide bonds. The molecule has 1 aromatic heterocycles. The first-order valence-electron chi connectivity index (χ1n) is 4.92. The quantitative estimate of drug-likeness (QED) is 0.553. The van der Waals surface area contributed by atoms with Crippen molar-refractivity contribution in [1.29, 1.82) is 0 Å². The van der Waals surface area contributed by atoms with Crippen LogP contribution < -0.4 is 4.74 Å². The van der Waals surface area contributed by atoms with Crippen molar-refractivity contribution in [2.45, 2.75) is 32.6 Å². The first kappa shape index (κ1) is 11.3. The smallest absolute Gasteiger partial charge is 0.125 e. The van der Waals surface area contributed by atoms with Gasteiger partial charge in [0.2, 0.25) is 0 Å². The Balaban J connectivity index is 2.66. The predicted octanol–water partition coefficient (Wildman–Crippen LogP) is 3.31. The van der Waals surface area contributed by atoms with Crippen LogP contribution in [-0.2, 0) is 5.88 Å². The molecule has 0 saturated heterocycles. The van der Waals surface area contributed by atoms with E-state index in [1.54, 1.807) is 6.20 Å². The van der Waals surface area contributed by atoms with E-state index in [2.05, 4.69) is 11.9 Å². The first-order valence-corrected chi connectivity index (χ1v) is 5.46. The molecule has 14 heavy (non-hydrogen) atoms. The van der Waals surface area contributed by atoms with Crippen LogP contribution in [0, 0.1) is 6.92 Å². The maximum atomic E-state index is 5.75. The summed E-state index contributed by atoms with van der Waals surface area (Å²) in [4.78, 5) is 4.17. The molecule has 0 fully saturated rings. The van der Waals surface area contributed by atoms with Crippen LogP contribution in [0.1, 0.15) is 31.0 Å². The zero-order chi connectivity index (χ0) is 10.4. The van der Waals surface area contributed by atoms with Gasteiger partial charge in [0.15, 0.2) is 0 Å². The summed E-state index contributed by atoms with van der Waals surface area (Å²) in [7, 11) is 0. The number of halogens is 1. The third-order valence-electron chi connectivity index (χ3n) is 2.14. The lowest BCUT2D eigenvalue weighted by atomic mass is 10.2. The average Bonchev–Trinajstić information content (AvgIpc) is 2.21. The molecule has 0 spiro atoms. The molecule has 0 atom stereocenters. The van der Waals surface area contributed by atoms with Gasteiger partial charge in [-0.1, -0.05) is 13.3 Å². The molecule has 0 aromatic carbocycles. The average molecular weight is 214 g/mol. The van der Waals surface area contributed by atoms with Crippen LogP contribution in [0.2, 0.25) is 0 Å². The number of nitrogens with zero attached hydrogens (tertiary/aromatic N) is 1. The SMILES string of the molecule is CCCCOc1ccnc(CCl)c1C. The monoisotopic (exact) mass is 213 g/mol. The summed E-state index contributed by atoms with van der Waals surface area (Å²) >= 11 is 5.75. The van der Waals surface area contributed by atoms with Gasteiger partial charge in [0.1, 0.15) is 5.75 Å². The molecule has 3 heteroatoms. The molecule has 0 aliphatic carbocycles. The fourth-order valence-corrected chi connectivity index (χ4v) is 1.45. The van der Waals surface area contributed by atoms with Gasteiger partial charge in [0.05, 0.1) is 18.2 Å². The minimum absolute atomic E-state index is 0.441. The molecule has 0 aliphatic rings. The number of pyridine rings is 1. The van der Waals surface area contributed by atoms with E-state index in [0.29, 0.717) is 5.88 Å². The van der Waals surface area contributed by atoms with Crippen molar-refractivity contribution < 1.29 is 4.74 Å². The van der Waals surface area contributed by atoms with Crippen molar-refractivity contribution in [3.05, 3.63) is 23.5 Å². The number of ether oxygens (including phenoxy) is 1. The van der Waals surface area contributed by atoms with Gasteiger partial charge in [-0.05, 0) is 19.4 Å². The lowest BCUT2D eigenvalue weighted by Gasteiger charge is -2.10. The topological polar surface area (TPSA) is 22.1 Å². The molecule has 0 saturated carbocycles. The molecule has 1 heterocycles. The maximum absolute atomic E-state index is 5.75. The fraction of sp³-hybridized carbons (Fsp3) is 0.545. The molecule has 0 radical (unpaired) electrons. The van der Waals surface area contributed by atoms with E-state index in [1.807, 2.05) is 13.0 Å². The number of hydrogen-bond donors (Lipinski definition) is 0. The molecule has 78 valence electrons. The number of aromatic nitrogens is 1. The van der Waals surface area contributed by atoms with Gasteiger partial charge < -0.3 is 4.74 Å². The molecule has 0 bridgehead atoms. The molecule has 2 nitrogen and oxygen atoms in total. The van der Waals surface area contributed by atoms with Crippen LogP contribution in [0.5, 0.6) is 5.75 Å². The minimum atomic E-state index is 0.441. The Morgan fingerprint density at radius 3 is 2.93 bits per heavy atom. The third-order valence-corrected chi connectivity index (χ3v) is 2.39. The second-order valence-corrected chi connectivity index (χ2v) is 3.48. The van der Waals surface area contributed by atoms with Crippen LogP contribution in [0.4, 0.5) is 0 Å². The van der Waals surface area contributed by atoms with Crippen LogP contribution >= 0.6 is 11.6 Å². The third kappa shape index (κ3) is 2.88. The van der Waals surface area contributed by atoms with Crippen molar-refractivity contribution in [3.63, 3.8) is 0 Å². The van der Waals surface area contributed by atoms with Gasteiger partial charge in [-0.3, -0.25) is 4.98 Å². The Kier molecular flexibility index (Phi) is 4.74. The summed E-state index contributed by atoms with van der Waals surface area (Å²) in [6.45, 7) is 4.90. The van der Waals surface area contributed by atoms with Crippen LogP contribution in [0.15, 0.2) is 12.3 Å². The highest BCUT2D eigenvalue weighted by atomic mass is 35.5. The molecule has 0 aliphatic heterocycles. The maximum Gasteiger partial charge on any atom is 0.125 e. The van der Waals surface area contributed by atoms with Gasteiger partial charge in [-0.15, -0.1) is 11.6 Å². The minimum Gasteiger partial charge on any atom is -0.493 e. The molecule has 1 rings (SSSR count). The predicted molar refractivity (Wildman–Crippen MR) is 58.9 cm³/mol. The van der Waals surface area contributed by atoms with E-state index in [-0.39, 0.29) is 0 Å².